The van der Waals surface area contributed by atoms with Gasteiger partial charge in [-0.25, -0.2) is 14.0 Å². The van der Waals surface area contributed by atoms with Crippen molar-refractivity contribution in [1.29, 1.82) is 0 Å². The molecule has 16 heteroatoms. The van der Waals surface area contributed by atoms with E-state index in [4.69, 9.17) is 23.3 Å². The molecular formula is C44H57N4O10PS. The smallest absolute Gasteiger partial charge is 0.408 e. The van der Waals surface area contributed by atoms with Gasteiger partial charge in [-0.3, -0.25) is 18.4 Å². The van der Waals surface area contributed by atoms with Crippen molar-refractivity contribution in [2.75, 3.05) is 51.6 Å². The number of methoxy groups -OCH3 is 2. The fourth-order valence-electron chi connectivity index (χ4n) is 7.43. The summed E-state index contributed by atoms with van der Waals surface area (Å²) in [6, 6.07) is 26.6. The fourth-order valence-corrected chi connectivity index (χ4v) is 10.3. The lowest BCUT2D eigenvalue weighted by Gasteiger charge is -2.37. The Labute approximate surface area is 356 Å². The third-order valence-electron chi connectivity index (χ3n) is 11.5. The number of ether oxygens (including phenoxy) is 3. The van der Waals surface area contributed by atoms with Gasteiger partial charge in [0.15, 0.2) is 11.3 Å². The zero-order valence-corrected chi connectivity index (χ0v) is 36.8. The van der Waals surface area contributed by atoms with Crippen LogP contribution in [0.25, 0.3) is 0 Å². The van der Waals surface area contributed by atoms with E-state index in [1.165, 1.54) is 13.1 Å². The van der Waals surface area contributed by atoms with Crippen LogP contribution in [-0.2, 0) is 28.7 Å². The molecule has 2 saturated heterocycles. The van der Waals surface area contributed by atoms with E-state index >= 15 is 0 Å². The van der Waals surface area contributed by atoms with Crippen molar-refractivity contribution in [3.63, 3.8) is 0 Å². The van der Waals surface area contributed by atoms with Gasteiger partial charge in [0.1, 0.15) is 40.7 Å². The number of carbonyl (C=O) groups excluding carboxylic acids is 1. The first-order chi connectivity index (χ1) is 28.7. The van der Waals surface area contributed by atoms with E-state index in [1.54, 1.807) is 25.0 Å². The van der Waals surface area contributed by atoms with Gasteiger partial charge in [-0.2, -0.15) is 4.98 Å². The molecule has 6 rings (SSSR count). The van der Waals surface area contributed by atoms with Crippen LogP contribution in [0.1, 0.15) is 76.3 Å². The zero-order chi connectivity index (χ0) is 43.1. The molecule has 0 spiro atoms. The molecule has 2 aliphatic heterocycles. The lowest BCUT2D eigenvalue weighted by molar-refractivity contribution is -0.118. The molecule has 2 aliphatic rings. The number of aliphatic hydroxyl groups is 2. The van der Waals surface area contributed by atoms with Gasteiger partial charge in [-0.1, -0.05) is 93.6 Å². The van der Waals surface area contributed by atoms with Crippen LogP contribution in [0.3, 0.4) is 0 Å². The summed E-state index contributed by atoms with van der Waals surface area (Å²) in [5.41, 5.74) is -1.77. The molecular weight excluding hydrogens is 808 g/mol. The minimum absolute atomic E-state index is 0.00231. The van der Waals surface area contributed by atoms with Gasteiger partial charge in [0.05, 0.1) is 27.4 Å². The lowest BCUT2D eigenvalue weighted by Crippen LogP contribution is -2.46. The standard InChI is InChI=1S/C44H57N4O10PS/c1-7-42(2,3)40(50)60-29-28-56-59(53,47-25-12-9-13-26-47)57-30-36-38(49)43(4,52)39(58-36)48-27-24-37(45-41(48)51)46-44(31-14-10-8-11-15-31,32-16-20-34(54-5)21-17-32)33-18-22-35(55-6)23-19-33/h8,10-11,14-24,27,36,38-39,49,52H,7,9,12-13,25-26,28-30H2,1-6H3,(H,45,46,51)/t36-,38?,39-,43+,59?/m1/s1. The normalized spacial score (nSPS) is 22.2. The molecule has 0 aliphatic carbocycles. The van der Waals surface area contributed by atoms with Crippen LogP contribution in [0.5, 0.6) is 11.5 Å². The number of benzene rings is 3. The van der Waals surface area contributed by atoms with E-state index in [0.717, 1.165) is 52.3 Å². The van der Waals surface area contributed by atoms with E-state index in [2.05, 4.69) is 10.3 Å². The van der Waals surface area contributed by atoms with Crippen LogP contribution in [0, 0.1) is 5.41 Å². The van der Waals surface area contributed by atoms with Crippen LogP contribution in [0.4, 0.5) is 5.82 Å². The number of rotatable bonds is 18. The summed E-state index contributed by atoms with van der Waals surface area (Å²) in [5.74, 6) is 1.86. The molecule has 0 amide bonds. The molecule has 3 aromatic carbocycles. The maximum absolute atomic E-state index is 14.3. The molecule has 5 atom stereocenters. The Morgan fingerprint density at radius 2 is 1.52 bits per heavy atom. The maximum atomic E-state index is 14.3. The van der Waals surface area contributed by atoms with Gasteiger partial charge in [0.2, 0.25) is 0 Å². The van der Waals surface area contributed by atoms with E-state index in [1.807, 2.05) is 99.6 Å². The molecule has 2 unspecified atom stereocenters. The summed E-state index contributed by atoms with van der Waals surface area (Å²) in [5, 5.41) is 26.6. The molecule has 0 radical (unpaired) electrons. The molecule has 60 heavy (non-hydrogen) atoms. The number of piperidine rings is 1. The number of nitrogens with zero attached hydrogens (tertiary/aromatic N) is 3. The Morgan fingerprint density at radius 1 is 0.933 bits per heavy atom. The molecule has 0 bridgehead atoms. The Balaban J connectivity index is 1.25. The number of hydrogen-bond donors (Lipinski definition) is 3. The van der Waals surface area contributed by atoms with E-state index in [0.29, 0.717) is 31.0 Å². The Kier molecular flexibility index (Phi) is 14.7. The van der Waals surface area contributed by atoms with E-state index in [9.17, 15) is 24.4 Å². The zero-order valence-electron chi connectivity index (χ0n) is 35.1. The number of aliphatic hydroxyl groups excluding tert-OH is 1. The van der Waals surface area contributed by atoms with E-state index < -0.39 is 55.0 Å². The quantitative estimate of drug-likeness (QED) is 0.0531. The van der Waals surface area contributed by atoms with Crippen molar-refractivity contribution in [1.82, 2.24) is 14.2 Å². The van der Waals surface area contributed by atoms with Gasteiger partial charge in [0.25, 0.3) is 0 Å². The summed E-state index contributed by atoms with van der Waals surface area (Å²) in [7, 11) is -0.701. The highest BCUT2D eigenvalue weighted by molar-refractivity contribution is 8.13. The molecule has 3 N–H and O–H groups in total. The Hall–Kier alpha value is -4.05. The second-order valence-electron chi connectivity index (χ2n) is 15.9. The largest absolute Gasteiger partial charge is 0.497 e. The van der Waals surface area contributed by atoms with Crippen molar-refractivity contribution < 1.29 is 42.8 Å². The average molecular weight is 865 g/mol. The number of thioether (sulfide) groups is 1. The first-order valence-corrected chi connectivity index (χ1v) is 22.8. The highest BCUT2D eigenvalue weighted by atomic mass is 32.2. The molecule has 2 fully saturated rings. The van der Waals surface area contributed by atoms with E-state index in [-0.39, 0.29) is 23.3 Å². The summed E-state index contributed by atoms with van der Waals surface area (Å²) in [4.78, 5) is 31.1. The predicted molar refractivity (Wildman–Crippen MR) is 231 cm³/mol. The second-order valence-corrected chi connectivity index (χ2v) is 19.0. The second kappa shape index (κ2) is 19.3. The number of aromatic nitrogens is 2. The molecule has 14 nitrogen and oxygen atoms in total. The molecule has 4 aromatic rings. The third-order valence-corrected chi connectivity index (χ3v) is 14.8. The highest BCUT2D eigenvalue weighted by Gasteiger charge is 2.54. The summed E-state index contributed by atoms with van der Waals surface area (Å²) >= 11 is 1.13. The molecule has 324 valence electrons. The first kappa shape index (κ1) is 45.5. The van der Waals surface area contributed by atoms with Gasteiger partial charge < -0.3 is 29.7 Å². The number of carbonyl (C=O) groups is 1. The van der Waals surface area contributed by atoms with Gasteiger partial charge in [-0.15, -0.1) is 0 Å². The average Bonchev–Trinajstić information content (AvgIpc) is 3.50. The van der Waals surface area contributed by atoms with Crippen LogP contribution in [-0.4, -0.2) is 93.6 Å². The van der Waals surface area contributed by atoms with Gasteiger partial charge in [-0.05, 0) is 73.2 Å². The minimum Gasteiger partial charge on any atom is -0.497 e. The molecule has 3 heterocycles. The van der Waals surface area contributed by atoms with Gasteiger partial charge in [0, 0.05) is 30.5 Å². The number of hydrogen-bond acceptors (Lipinski definition) is 13. The fraction of sp³-hybridized carbons (Fsp3) is 0.477. The summed E-state index contributed by atoms with van der Waals surface area (Å²) < 4.78 is 46.1. The third kappa shape index (κ3) is 9.69. The van der Waals surface area contributed by atoms with Crippen molar-refractivity contribution in [2.24, 2.45) is 5.41 Å². The van der Waals surface area contributed by atoms with Crippen molar-refractivity contribution >= 4 is 30.4 Å². The monoisotopic (exact) mass is 864 g/mol. The predicted octanol–water partition coefficient (Wildman–Crippen LogP) is 7.00. The van der Waals surface area contributed by atoms with Crippen LogP contribution < -0.4 is 20.5 Å². The lowest BCUT2D eigenvalue weighted by atomic mass is 9.77. The Morgan fingerprint density at radius 3 is 2.07 bits per heavy atom. The maximum Gasteiger partial charge on any atom is 0.408 e. The first-order valence-electron chi connectivity index (χ1n) is 20.3. The number of nitrogens with one attached hydrogen (secondary N) is 1. The van der Waals surface area contributed by atoms with Crippen molar-refractivity contribution in [3.05, 3.63) is 118 Å². The summed E-state index contributed by atoms with van der Waals surface area (Å²) in [6.07, 6.45) is 0.632. The minimum atomic E-state index is -3.90. The van der Waals surface area contributed by atoms with Gasteiger partial charge >= 0.3 is 13.4 Å². The highest BCUT2D eigenvalue weighted by Crippen LogP contribution is 2.54. The van der Waals surface area contributed by atoms with Crippen molar-refractivity contribution in [3.8, 4) is 11.5 Å². The van der Waals surface area contributed by atoms with Crippen LogP contribution in [0.2, 0.25) is 0 Å². The van der Waals surface area contributed by atoms with Crippen LogP contribution in [0.15, 0.2) is 95.9 Å². The van der Waals surface area contributed by atoms with Crippen molar-refractivity contribution in [2.45, 2.75) is 83.0 Å². The molecule has 1 aromatic heterocycles. The Bertz CT molecular complexity index is 2100. The SMILES string of the molecule is CCC(C)(C)C(=O)SCCOP(=O)(OC[C@H]1O[C@@H](n2ccc(NC(c3ccccc3)(c3ccc(OC)cc3)c3ccc(OC)cc3)nc2=O)[C@@](C)(O)C1O)N1CCCCC1. The molecule has 0 saturated carbocycles. The topological polar surface area (TPSA) is 171 Å². The van der Waals surface area contributed by atoms with Crippen LogP contribution >= 0.6 is 19.5 Å². The number of anilines is 1. The summed E-state index contributed by atoms with van der Waals surface area (Å²) in [6.45, 7) is 7.68.